The SMILES string of the molecule is CN(CCCCCc1cc(-c2ccccc2)n[nH]1)C(=O)CN1C(=O)NC2(CCc3ccccc32)C1=O. The molecule has 0 radical (unpaired) electrons. The van der Waals surface area contributed by atoms with Gasteiger partial charge >= 0.3 is 6.03 Å². The number of likely N-dealkylation sites (N-methyl/N-ethyl adjacent to an activating group) is 1. The quantitative estimate of drug-likeness (QED) is 0.357. The van der Waals surface area contributed by atoms with Gasteiger partial charge in [0.1, 0.15) is 12.1 Å². The van der Waals surface area contributed by atoms with Crippen LogP contribution in [0.3, 0.4) is 0 Å². The number of carbonyl (C=O) groups is 3. The fourth-order valence-electron chi connectivity index (χ4n) is 5.20. The molecule has 4 amide bonds. The van der Waals surface area contributed by atoms with Crippen LogP contribution >= 0.6 is 0 Å². The number of carbonyl (C=O) groups excluding carboxylic acids is 3. The third-order valence-electron chi connectivity index (χ3n) is 7.28. The van der Waals surface area contributed by atoms with E-state index in [4.69, 9.17) is 0 Å². The third kappa shape index (κ3) is 4.51. The number of aromatic amines is 1. The second-order valence-electron chi connectivity index (χ2n) is 9.65. The van der Waals surface area contributed by atoms with Gasteiger partial charge in [0, 0.05) is 24.8 Å². The standard InChI is InChI=1S/C28H31N5O3/c1-32(17-9-3-6-13-22-18-24(31-30-22)21-11-4-2-5-12-21)25(34)19-33-26(35)28(29-27(33)36)16-15-20-10-7-8-14-23(20)28/h2,4-5,7-8,10-12,14,18H,3,6,9,13,15-17,19H2,1H3,(H,29,36)(H,30,31). The van der Waals surface area contributed by atoms with Crippen LogP contribution in [0.1, 0.15) is 42.5 Å². The zero-order chi connectivity index (χ0) is 25.1. The van der Waals surface area contributed by atoms with Crippen LogP contribution in [0.4, 0.5) is 4.79 Å². The number of amides is 4. The first-order valence-electron chi connectivity index (χ1n) is 12.5. The van der Waals surface area contributed by atoms with Crippen molar-refractivity contribution in [2.75, 3.05) is 20.1 Å². The lowest BCUT2D eigenvalue weighted by Crippen LogP contribution is -2.44. The number of fused-ring (bicyclic) bond motifs is 2. The molecule has 186 valence electrons. The minimum Gasteiger partial charge on any atom is -0.344 e. The molecule has 2 aromatic carbocycles. The van der Waals surface area contributed by atoms with Crippen molar-refractivity contribution >= 4 is 17.8 Å². The Balaban J connectivity index is 1.07. The van der Waals surface area contributed by atoms with Gasteiger partial charge in [-0.05, 0) is 49.3 Å². The van der Waals surface area contributed by atoms with Crippen molar-refractivity contribution in [1.29, 1.82) is 0 Å². The van der Waals surface area contributed by atoms with Gasteiger partial charge in [-0.15, -0.1) is 0 Å². The number of aromatic nitrogens is 2. The molecule has 1 fully saturated rings. The molecule has 0 saturated carbocycles. The summed E-state index contributed by atoms with van der Waals surface area (Å²) < 4.78 is 0. The highest BCUT2D eigenvalue weighted by atomic mass is 16.2. The van der Waals surface area contributed by atoms with E-state index in [9.17, 15) is 14.4 Å². The van der Waals surface area contributed by atoms with Crippen molar-refractivity contribution in [2.45, 2.75) is 44.1 Å². The number of unbranched alkanes of at least 4 members (excludes halogenated alkanes) is 2. The molecule has 1 atom stereocenters. The second kappa shape index (κ2) is 9.97. The highest BCUT2D eigenvalue weighted by molar-refractivity contribution is 6.09. The van der Waals surface area contributed by atoms with Crippen LogP contribution in [-0.4, -0.2) is 58.0 Å². The number of rotatable bonds is 9. The Kier molecular flexibility index (Phi) is 6.59. The van der Waals surface area contributed by atoms with Gasteiger partial charge in [0.15, 0.2) is 0 Å². The minimum absolute atomic E-state index is 0.233. The predicted molar refractivity (Wildman–Crippen MR) is 136 cm³/mol. The summed E-state index contributed by atoms with van der Waals surface area (Å²) >= 11 is 0. The first-order chi connectivity index (χ1) is 17.5. The number of hydrogen-bond acceptors (Lipinski definition) is 4. The number of aryl methyl sites for hydroxylation is 2. The monoisotopic (exact) mass is 485 g/mol. The summed E-state index contributed by atoms with van der Waals surface area (Å²) in [5, 5.41) is 10.4. The zero-order valence-corrected chi connectivity index (χ0v) is 20.5. The van der Waals surface area contributed by atoms with Crippen molar-refractivity contribution < 1.29 is 14.4 Å². The average molecular weight is 486 g/mol. The van der Waals surface area contributed by atoms with Crippen LogP contribution in [0.25, 0.3) is 11.3 Å². The van der Waals surface area contributed by atoms with Crippen molar-refractivity contribution in [1.82, 2.24) is 25.3 Å². The van der Waals surface area contributed by atoms with Gasteiger partial charge in [-0.3, -0.25) is 19.6 Å². The molecule has 0 bridgehead atoms. The maximum atomic E-state index is 13.3. The molecule has 1 saturated heterocycles. The number of nitrogens with zero attached hydrogens (tertiary/aromatic N) is 3. The molecular formula is C28H31N5O3. The molecule has 8 heteroatoms. The Morgan fingerprint density at radius 2 is 1.83 bits per heavy atom. The van der Waals surface area contributed by atoms with Crippen LogP contribution in [-0.2, 0) is 28.0 Å². The van der Waals surface area contributed by atoms with Crippen LogP contribution in [0.2, 0.25) is 0 Å². The molecule has 2 aliphatic rings. The van der Waals surface area contributed by atoms with E-state index in [-0.39, 0.29) is 18.4 Å². The van der Waals surface area contributed by atoms with Crippen molar-refractivity contribution in [3.05, 3.63) is 77.5 Å². The van der Waals surface area contributed by atoms with Gasteiger partial charge in [0.05, 0.1) is 5.69 Å². The first kappa shape index (κ1) is 23.8. The van der Waals surface area contributed by atoms with Gasteiger partial charge in [0.25, 0.3) is 5.91 Å². The Bertz CT molecular complexity index is 1270. The van der Waals surface area contributed by atoms with E-state index in [1.807, 2.05) is 54.6 Å². The van der Waals surface area contributed by atoms with Crippen molar-refractivity contribution in [3.63, 3.8) is 0 Å². The summed E-state index contributed by atoms with van der Waals surface area (Å²) in [6.45, 7) is 0.343. The van der Waals surface area contributed by atoms with E-state index in [0.717, 1.165) is 65.1 Å². The molecule has 1 unspecified atom stereocenters. The van der Waals surface area contributed by atoms with E-state index >= 15 is 0 Å². The molecule has 1 spiro atoms. The van der Waals surface area contributed by atoms with Gasteiger partial charge in [-0.2, -0.15) is 5.10 Å². The minimum atomic E-state index is -1.03. The van der Waals surface area contributed by atoms with Gasteiger partial charge in [-0.1, -0.05) is 61.0 Å². The van der Waals surface area contributed by atoms with E-state index < -0.39 is 11.6 Å². The van der Waals surface area contributed by atoms with E-state index in [2.05, 4.69) is 21.6 Å². The predicted octanol–water partition coefficient (Wildman–Crippen LogP) is 3.64. The summed E-state index contributed by atoms with van der Waals surface area (Å²) in [7, 11) is 1.72. The highest BCUT2D eigenvalue weighted by Crippen LogP contribution is 2.41. The van der Waals surface area contributed by atoms with Crippen LogP contribution in [0.5, 0.6) is 0 Å². The molecule has 2 N–H and O–H groups in total. The average Bonchev–Trinajstić information content (AvgIpc) is 3.58. The van der Waals surface area contributed by atoms with Crippen LogP contribution < -0.4 is 5.32 Å². The lowest BCUT2D eigenvalue weighted by atomic mass is 9.92. The molecule has 1 aromatic heterocycles. The van der Waals surface area contributed by atoms with E-state index in [1.54, 1.807) is 11.9 Å². The van der Waals surface area contributed by atoms with Crippen LogP contribution in [0.15, 0.2) is 60.7 Å². The Morgan fingerprint density at radius 1 is 1.06 bits per heavy atom. The third-order valence-corrected chi connectivity index (χ3v) is 7.28. The molecule has 8 nitrogen and oxygen atoms in total. The van der Waals surface area contributed by atoms with E-state index in [1.165, 1.54) is 0 Å². The lowest BCUT2D eigenvalue weighted by Gasteiger charge is -2.23. The fraction of sp³-hybridized carbons (Fsp3) is 0.357. The normalized spacial score (nSPS) is 18.5. The largest absolute Gasteiger partial charge is 0.344 e. The summed E-state index contributed by atoms with van der Waals surface area (Å²) in [5.74, 6) is -0.559. The number of imide groups is 1. The number of H-pyrrole nitrogens is 1. The Morgan fingerprint density at radius 3 is 2.67 bits per heavy atom. The summed E-state index contributed by atoms with van der Waals surface area (Å²) in [4.78, 5) is 41.4. The number of urea groups is 1. The maximum absolute atomic E-state index is 13.3. The number of hydrogen-bond donors (Lipinski definition) is 2. The van der Waals surface area contributed by atoms with Crippen molar-refractivity contribution in [2.24, 2.45) is 0 Å². The van der Waals surface area contributed by atoms with Gasteiger partial charge < -0.3 is 10.2 Å². The summed E-state index contributed by atoms with van der Waals surface area (Å²) in [6.07, 6.45) is 4.94. The van der Waals surface area contributed by atoms with Gasteiger partial charge in [-0.25, -0.2) is 4.79 Å². The molecule has 5 rings (SSSR count). The molecule has 1 aliphatic carbocycles. The highest BCUT2D eigenvalue weighted by Gasteiger charge is 2.55. The van der Waals surface area contributed by atoms with Crippen molar-refractivity contribution in [3.8, 4) is 11.3 Å². The molecule has 1 aliphatic heterocycles. The van der Waals surface area contributed by atoms with Crippen LogP contribution in [0, 0.1) is 0 Å². The fourth-order valence-corrected chi connectivity index (χ4v) is 5.20. The lowest BCUT2D eigenvalue weighted by molar-refractivity contribution is -0.138. The second-order valence-corrected chi connectivity index (χ2v) is 9.65. The zero-order valence-electron chi connectivity index (χ0n) is 20.5. The Labute approximate surface area is 210 Å². The number of benzene rings is 2. The number of nitrogens with one attached hydrogen (secondary N) is 2. The van der Waals surface area contributed by atoms with Gasteiger partial charge in [0.2, 0.25) is 5.91 Å². The molecular weight excluding hydrogens is 454 g/mol. The molecule has 3 aromatic rings. The summed E-state index contributed by atoms with van der Waals surface area (Å²) in [5.41, 5.74) is 4.02. The maximum Gasteiger partial charge on any atom is 0.325 e. The summed E-state index contributed by atoms with van der Waals surface area (Å²) in [6, 6.07) is 19.3. The molecule has 36 heavy (non-hydrogen) atoms. The molecule has 2 heterocycles. The first-order valence-corrected chi connectivity index (χ1v) is 12.5. The van der Waals surface area contributed by atoms with E-state index in [0.29, 0.717) is 13.0 Å². The smallest absolute Gasteiger partial charge is 0.325 e. The Hall–Kier alpha value is -3.94. The topological polar surface area (TPSA) is 98.4 Å².